The number of rotatable bonds is 5. The minimum Gasteiger partial charge on any atom is -0.462 e. The maximum absolute atomic E-state index is 11.8. The lowest BCUT2D eigenvalue weighted by molar-refractivity contribution is -0.117. The molecule has 21 heavy (non-hydrogen) atoms. The number of aliphatic hydroxyl groups is 1. The summed E-state index contributed by atoms with van der Waals surface area (Å²) in [5, 5.41) is 12.2. The standard InChI is InChI=1S/C16H18N2O3/c19-11-15-7-6-14(21-15)10-17-12-3-1-4-13(9-12)18-8-2-5-16(18)20/h1,3-4,6-7,9,17,19H,2,5,8,10-11H2. The Hall–Kier alpha value is -2.27. The summed E-state index contributed by atoms with van der Waals surface area (Å²) in [4.78, 5) is 13.6. The number of nitrogens with one attached hydrogen (secondary N) is 1. The lowest BCUT2D eigenvalue weighted by atomic mass is 10.2. The highest BCUT2D eigenvalue weighted by atomic mass is 16.4. The number of anilines is 2. The van der Waals surface area contributed by atoms with Crippen molar-refractivity contribution in [3.05, 3.63) is 47.9 Å². The summed E-state index contributed by atoms with van der Waals surface area (Å²) < 4.78 is 5.42. The van der Waals surface area contributed by atoms with Gasteiger partial charge in [0.1, 0.15) is 18.1 Å². The van der Waals surface area contributed by atoms with Gasteiger partial charge < -0.3 is 19.7 Å². The summed E-state index contributed by atoms with van der Waals surface area (Å²) in [6.45, 7) is 1.24. The van der Waals surface area contributed by atoms with Crippen molar-refractivity contribution in [2.45, 2.75) is 26.0 Å². The molecule has 2 heterocycles. The van der Waals surface area contributed by atoms with Gasteiger partial charge in [-0.1, -0.05) is 6.07 Å². The van der Waals surface area contributed by atoms with E-state index >= 15 is 0 Å². The van der Waals surface area contributed by atoms with Crippen LogP contribution in [0.5, 0.6) is 0 Å². The predicted molar refractivity (Wildman–Crippen MR) is 80.0 cm³/mol. The topological polar surface area (TPSA) is 65.7 Å². The van der Waals surface area contributed by atoms with Gasteiger partial charge in [0.05, 0.1) is 6.54 Å². The van der Waals surface area contributed by atoms with Crippen molar-refractivity contribution in [2.75, 3.05) is 16.8 Å². The van der Waals surface area contributed by atoms with Gasteiger partial charge in [-0.25, -0.2) is 0 Å². The fourth-order valence-electron chi connectivity index (χ4n) is 2.50. The van der Waals surface area contributed by atoms with Crippen LogP contribution in [-0.2, 0) is 17.9 Å². The Bertz CT molecular complexity index is 636. The fraction of sp³-hybridized carbons (Fsp3) is 0.312. The van der Waals surface area contributed by atoms with Crippen molar-refractivity contribution >= 4 is 17.3 Å². The van der Waals surface area contributed by atoms with E-state index in [-0.39, 0.29) is 12.5 Å². The van der Waals surface area contributed by atoms with Crippen molar-refractivity contribution < 1.29 is 14.3 Å². The molecule has 3 rings (SSSR count). The number of hydrogen-bond acceptors (Lipinski definition) is 4. The second-order valence-electron chi connectivity index (χ2n) is 5.08. The molecule has 0 saturated carbocycles. The van der Waals surface area contributed by atoms with E-state index in [1.165, 1.54) is 0 Å². The highest BCUT2D eigenvalue weighted by Crippen LogP contribution is 2.24. The highest BCUT2D eigenvalue weighted by molar-refractivity contribution is 5.95. The first kappa shape index (κ1) is 13.7. The molecule has 1 saturated heterocycles. The predicted octanol–water partition coefficient (Wildman–Crippen LogP) is 2.51. The third kappa shape index (κ3) is 3.08. The number of aliphatic hydroxyl groups excluding tert-OH is 1. The van der Waals surface area contributed by atoms with Crippen molar-refractivity contribution in [2.24, 2.45) is 0 Å². The molecule has 0 atom stereocenters. The third-order valence-electron chi connectivity index (χ3n) is 3.57. The van der Waals surface area contributed by atoms with E-state index in [0.29, 0.717) is 18.7 Å². The van der Waals surface area contributed by atoms with Gasteiger partial charge in [0.2, 0.25) is 5.91 Å². The lowest BCUT2D eigenvalue weighted by Crippen LogP contribution is -2.23. The van der Waals surface area contributed by atoms with Crippen LogP contribution in [0.25, 0.3) is 0 Å². The van der Waals surface area contributed by atoms with E-state index in [4.69, 9.17) is 9.52 Å². The zero-order valence-electron chi connectivity index (χ0n) is 11.7. The van der Waals surface area contributed by atoms with Crippen molar-refractivity contribution in [1.82, 2.24) is 0 Å². The molecule has 1 fully saturated rings. The smallest absolute Gasteiger partial charge is 0.227 e. The minimum atomic E-state index is -0.0907. The molecule has 5 nitrogen and oxygen atoms in total. The molecule has 0 radical (unpaired) electrons. The molecule has 5 heteroatoms. The Morgan fingerprint density at radius 3 is 2.81 bits per heavy atom. The van der Waals surface area contributed by atoms with Crippen LogP contribution in [0.1, 0.15) is 24.4 Å². The molecule has 1 aromatic heterocycles. The van der Waals surface area contributed by atoms with Gasteiger partial charge in [-0.05, 0) is 36.8 Å². The Morgan fingerprint density at radius 2 is 2.10 bits per heavy atom. The summed E-state index contributed by atoms with van der Waals surface area (Å²) in [6, 6.07) is 11.4. The zero-order chi connectivity index (χ0) is 14.7. The molecule has 2 aromatic rings. The Morgan fingerprint density at radius 1 is 1.24 bits per heavy atom. The second-order valence-corrected chi connectivity index (χ2v) is 5.08. The van der Waals surface area contributed by atoms with Crippen LogP contribution in [-0.4, -0.2) is 17.6 Å². The average molecular weight is 286 g/mol. The molecule has 1 aliphatic heterocycles. The van der Waals surface area contributed by atoms with Crippen LogP contribution in [0.4, 0.5) is 11.4 Å². The first-order valence-corrected chi connectivity index (χ1v) is 7.09. The van der Waals surface area contributed by atoms with E-state index in [9.17, 15) is 4.79 Å². The van der Waals surface area contributed by atoms with Gasteiger partial charge in [-0.3, -0.25) is 4.79 Å². The summed E-state index contributed by atoms with van der Waals surface area (Å²) in [5.41, 5.74) is 1.87. The molecule has 0 bridgehead atoms. The lowest BCUT2D eigenvalue weighted by Gasteiger charge is -2.16. The van der Waals surface area contributed by atoms with Gasteiger partial charge in [0.15, 0.2) is 0 Å². The molecule has 1 aromatic carbocycles. The molecule has 110 valence electrons. The zero-order valence-corrected chi connectivity index (χ0v) is 11.7. The normalized spacial score (nSPS) is 14.7. The summed E-state index contributed by atoms with van der Waals surface area (Å²) in [5.74, 6) is 1.51. The third-order valence-corrected chi connectivity index (χ3v) is 3.57. The van der Waals surface area contributed by atoms with E-state index in [1.807, 2.05) is 35.2 Å². The Labute approximate surface area is 123 Å². The average Bonchev–Trinajstić information content (AvgIpc) is 3.14. The van der Waals surface area contributed by atoms with Crippen molar-refractivity contribution in [3.8, 4) is 0 Å². The van der Waals surface area contributed by atoms with Gasteiger partial charge in [-0.15, -0.1) is 0 Å². The van der Waals surface area contributed by atoms with Gasteiger partial charge >= 0.3 is 0 Å². The van der Waals surface area contributed by atoms with E-state index in [2.05, 4.69) is 5.32 Å². The number of carbonyl (C=O) groups excluding carboxylic acids is 1. The van der Waals surface area contributed by atoms with E-state index in [0.717, 1.165) is 30.1 Å². The molecule has 1 aliphatic rings. The Kier molecular flexibility index (Phi) is 3.92. The first-order chi connectivity index (χ1) is 10.3. The number of hydrogen-bond donors (Lipinski definition) is 2. The van der Waals surface area contributed by atoms with E-state index < -0.39 is 0 Å². The SMILES string of the molecule is O=C1CCCN1c1cccc(NCc2ccc(CO)o2)c1. The second kappa shape index (κ2) is 6.01. The summed E-state index contributed by atoms with van der Waals surface area (Å²) in [6.07, 6.45) is 1.56. The highest BCUT2D eigenvalue weighted by Gasteiger charge is 2.21. The van der Waals surface area contributed by atoms with Crippen LogP contribution in [0.3, 0.4) is 0 Å². The molecular formula is C16H18N2O3. The number of furan rings is 1. The molecule has 0 unspecified atom stereocenters. The van der Waals surface area contributed by atoms with Gasteiger partial charge in [0, 0.05) is 24.3 Å². The molecule has 0 spiro atoms. The molecule has 2 N–H and O–H groups in total. The molecule has 1 amide bonds. The first-order valence-electron chi connectivity index (χ1n) is 7.09. The quantitative estimate of drug-likeness (QED) is 0.886. The number of nitrogens with zero attached hydrogens (tertiary/aromatic N) is 1. The maximum atomic E-state index is 11.8. The van der Waals surface area contributed by atoms with Crippen molar-refractivity contribution in [1.29, 1.82) is 0 Å². The summed E-state index contributed by atoms with van der Waals surface area (Å²) >= 11 is 0. The summed E-state index contributed by atoms with van der Waals surface area (Å²) in [7, 11) is 0. The van der Waals surface area contributed by atoms with Crippen molar-refractivity contribution in [3.63, 3.8) is 0 Å². The number of amides is 1. The van der Waals surface area contributed by atoms with Crippen LogP contribution in [0, 0.1) is 0 Å². The van der Waals surface area contributed by atoms with Gasteiger partial charge in [-0.2, -0.15) is 0 Å². The van der Waals surface area contributed by atoms with Crippen LogP contribution < -0.4 is 10.2 Å². The molecule has 0 aliphatic carbocycles. The van der Waals surface area contributed by atoms with Crippen LogP contribution in [0.2, 0.25) is 0 Å². The van der Waals surface area contributed by atoms with Crippen LogP contribution in [0.15, 0.2) is 40.8 Å². The van der Waals surface area contributed by atoms with Gasteiger partial charge in [0.25, 0.3) is 0 Å². The van der Waals surface area contributed by atoms with Crippen LogP contribution >= 0.6 is 0 Å². The minimum absolute atomic E-state index is 0.0907. The number of benzene rings is 1. The maximum Gasteiger partial charge on any atom is 0.227 e. The largest absolute Gasteiger partial charge is 0.462 e. The number of carbonyl (C=O) groups is 1. The fourth-order valence-corrected chi connectivity index (χ4v) is 2.50. The Balaban J connectivity index is 1.67. The molecular weight excluding hydrogens is 268 g/mol. The monoisotopic (exact) mass is 286 g/mol. The van der Waals surface area contributed by atoms with E-state index in [1.54, 1.807) is 6.07 Å².